The van der Waals surface area contributed by atoms with Gasteiger partial charge in [0.05, 0.1) is 24.5 Å². The molecule has 1 aliphatic rings. The summed E-state index contributed by atoms with van der Waals surface area (Å²) in [6, 6.07) is 0. The third-order valence-corrected chi connectivity index (χ3v) is 3.38. The molecule has 0 N–H and O–H groups in total. The molecular formula is C14H21N3O3. The highest BCUT2D eigenvalue weighted by molar-refractivity contribution is 5.90. The third kappa shape index (κ3) is 3.32. The van der Waals surface area contributed by atoms with Crippen molar-refractivity contribution in [2.24, 2.45) is 0 Å². The Kier molecular flexibility index (Phi) is 5.03. The molecule has 0 spiro atoms. The van der Waals surface area contributed by atoms with Crippen molar-refractivity contribution in [1.29, 1.82) is 0 Å². The first-order valence-electron chi connectivity index (χ1n) is 7.00. The van der Waals surface area contributed by atoms with Gasteiger partial charge in [-0.2, -0.15) is 0 Å². The molecule has 6 heteroatoms. The molecule has 1 aromatic heterocycles. The van der Waals surface area contributed by atoms with E-state index in [1.165, 1.54) is 6.20 Å². The molecule has 2 rings (SSSR count). The number of aromatic nitrogens is 2. The van der Waals surface area contributed by atoms with Gasteiger partial charge in [0.15, 0.2) is 5.82 Å². The van der Waals surface area contributed by atoms with Crippen molar-refractivity contribution < 1.29 is 14.3 Å². The van der Waals surface area contributed by atoms with Crippen molar-refractivity contribution in [3.63, 3.8) is 0 Å². The van der Waals surface area contributed by atoms with Crippen molar-refractivity contribution in [2.75, 3.05) is 32.8 Å². The fourth-order valence-electron chi connectivity index (χ4n) is 2.20. The van der Waals surface area contributed by atoms with Gasteiger partial charge in [-0.25, -0.2) is 14.8 Å². The second kappa shape index (κ2) is 6.76. The number of rotatable bonds is 4. The average molecular weight is 279 g/mol. The quantitative estimate of drug-likeness (QED) is 0.775. The van der Waals surface area contributed by atoms with Crippen LogP contribution in [0.2, 0.25) is 0 Å². The van der Waals surface area contributed by atoms with E-state index < -0.39 is 0 Å². The lowest BCUT2D eigenvalue weighted by atomic mass is 10.2. The molecule has 0 saturated carbocycles. The molecule has 0 aliphatic carbocycles. The summed E-state index contributed by atoms with van der Waals surface area (Å²) in [7, 11) is 0. The molecule has 0 bridgehead atoms. The molecule has 1 atom stereocenters. The largest absolute Gasteiger partial charge is 0.462 e. The van der Waals surface area contributed by atoms with Crippen molar-refractivity contribution >= 4 is 5.97 Å². The molecule has 110 valence electrons. The van der Waals surface area contributed by atoms with Gasteiger partial charge in [0, 0.05) is 19.3 Å². The van der Waals surface area contributed by atoms with Crippen LogP contribution in [0.3, 0.4) is 0 Å². The van der Waals surface area contributed by atoms with Crippen LogP contribution in [-0.4, -0.2) is 53.7 Å². The van der Waals surface area contributed by atoms with Gasteiger partial charge in [-0.1, -0.05) is 6.92 Å². The number of hydrogen-bond donors (Lipinski definition) is 0. The van der Waals surface area contributed by atoms with Crippen LogP contribution in [0, 0.1) is 6.92 Å². The first kappa shape index (κ1) is 14.9. The number of aryl methyl sites for hydroxylation is 1. The summed E-state index contributed by atoms with van der Waals surface area (Å²) in [5.74, 6) is 0.255. The van der Waals surface area contributed by atoms with Gasteiger partial charge < -0.3 is 9.47 Å². The van der Waals surface area contributed by atoms with E-state index in [-0.39, 0.29) is 12.1 Å². The van der Waals surface area contributed by atoms with Crippen molar-refractivity contribution in [1.82, 2.24) is 14.9 Å². The molecule has 1 unspecified atom stereocenters. The summed E-state index contributed by atoms with van der Waals surface area (Å²) in [6.45, 7) is 9.42. The monoisotopic (exact) mass is 279 g/mol. The Morgan fingerprint density at radius 3 is 3.00 bits per heavy atom. The molecule has 20 heavy (non-hydrogen) atoms. The van der Waals surface area contributed by atoms with Crippen LogP contribution >= 0.6 is 0 Å². The first-order chi connectivity index (χ1) is 9.65. The van der Waals surface area contributed by atoms with E-state index >= 15 is 0 Å². The van der Waals surface area contributed by atoms with E-state index in [1.54, 1.807) is 13.8 Å². The summed E-state index contributed by atoms with van der Waals surface area (Å²) < 4.78 is 10.7. The Labute approximate surface area is 119 Å². The molecule has 6 nitrogen and oxygen atoms in total. The highest BCUT2D eigenvalue weighted by Gasteiger charge is 2.24. The summed E-state index contributed by atoms with van der Waals surface area (Å²) in [5.41, 5.74) is 1.05. The highest BCUT2D eigenvalue weighted by Crippen LogP contribution is 2.20. The van der Waals surface area contributed by atoms with Crippen LogP contribution in [0.1, 0.15) is 41.8 Å². The van der Waals surface area contributed by atoms with E-state index in [1.807, 2.05) is 0 Å². The summed E-state index contributed by atoms with van der Waals surface area (Å²) in [6.07, 6.45) is 1.41. The van der Waals surface area contributed by atoms with Gasteiger partial charge in [-0.15, -0.1) is 0 Å². The highest BCUT2D eigenvalue weighted by atomic mass is 16.5. The number of esters is 1. The second-order valence-corrected chi connectivity index (χ2v) is 4.70. The molecule has 2 heterocycles. The standard InChI is InChI=1S/C14H21N3O3/c1-4-17-6-7-20-12(9-17)13-15-8-11(10(3)16-13)14(18)19-5-2/h8,12H,4-7,9H2,1-3H3. The van der Waals surface area contributed by atoms with Crippen molar-refractivity contribution in [2.45, 2.75) is 26.9 Å². The van der Waals surface area contributed by atoms with E-state index in [0.29, 0.717) is 30.3 Å². The fourth-order valence-corrected chi connectivity index (χ4v) is 2.20. The van der Waals surface area contributed by atoms with Crippen LogP contribution < -0.4 is 0 Å². The summed E-state index contributed by atoms with van der Waals surface area (Å²) >= 11 is 0. The van der Waals surface area contributed by atoms with E-state index in [9.17, 15) is 4.79 Å². The van der Waals surface area contributed by atoms with E-state index in [4.69, 9.17) is 9.47 Å². The Hall–Kier alpha value is -1.53. The SMILES string of the molecule is CCOC(=O)c1cnc(C2CN(CC)CCO2)nc1C. The van der Waals surface area contributed by atoms with E-state index in [2.05, 4.69) is 21.8 Å². The zero-order valence-corrected chi connectivity index (χ0v) is 12.3. The molecule has 1 aromatic rings. The summed E-state index contributed by atoms with van der Waals surface area (Å²) in [4.78, 5) is 22.7. The predicted octanol–water partition coefficient (Wildman–Crippen LogP) is 1.35. The number of hydrogen-bond acceptors (Lipinski definition) is 6. The molecule has 0 aromatic carbocycles. The Morgan fingerprint density at radius 2 is 2.35 bits per heavy atom. The Morgan fingerprint density at radius 1 is 1.55 bits per heavy atom. The number of carbonyl (C=O) groups is 1. The van der Waals surface area contributed by atoms with Gasteiger partial charge in [0.25, 0.3) is 0 Å². The van der Waals surface area contributed by atoms with Crippen LogP contribution in [-0.2, 0) is 9.47 Å². The number of carbonyl (C=O) groups excluding carboxylic acids is 1. The van der Waals surface area contributed by atoms with Crippen molar-refractivity contribution in [3.8, 4) is 0 Å². The predicted molar refractivity (Wildman–Crippen MR) is 73.5 cm³/mol. The van der Waals surface area contributed by atoms with Crippen LogP contribution in [0.5, 0.6) is 0 Å². The molecule has 0 amide bonds. The maximum absolute atomic E-state index is 11.7. The van der Waals surface area contributed by atoms with Crippen LogP contribution in [0.4, 0.5) is 0 Å². The molecule has 1 saturated heterocycles. The number of nitrogens with zero attached hydrogens (tertiary/aromatic N) is 3. The van der Waals surface area contributed by atoms with E-state index in [0.717, 1.165) is 19.6 Å². The molecule has 1 fully saturated rings. The molecule has 0 radical (unpaired) electrons. The average Bonchev–Trinajstić information content (AvgIpc) is 2.47. The Balaban J connectivity index is 2.14. The Bertz CT molecular complexity index is 479. The van der Waals surface area contributed by atoms with Gasteiger partial charge in [0.2, 0.25) is 0 Å². The molecule has 1 aliphatic heterocycles. The maximum Gasteiger partial charge on any atom is 0.341 e. The fraction of sp³-hybridized carbons (Fsp3) is 0.643. The first-order valence-corrected chi connectivity index (χ1v) is 7.00. The summed E-state index contributed by atoms with van der Waals surface area (Å²) in [5, 5.41) is 0. The van der Waals surface area contributed by atoms with Crippen LogP contribution in [0.25, 0.3) is 0 Å². The minimum absolute atomic E-state index is 0.126. The smallest absolute Gasteiger partial charge is 0.341 e. The normalized spacial score (nSPS) is 19.9. The third-order valence-electron chi connectivity index (χ3n) is 3.38. The number of likely N-dealkylation sites (N-methyl/N-ethyl adjacent to an activating group) is 1. The lowest BCUT2D eigenvalue weighted by molar-refractivity contribution is -0.0326. The minimum atomic E-state index is -0.378. The van der Waals surface area contributed by atoms with Gasteiger partial charge in [0.1, 0.15) is 6.10 Å². The topological polar surface area (TPSA) is 64.5 Å². The lowest BCUT2D eigenvalue weighted by Crippen LogP contribution is -2.38. The number of ether oxygens (including phenoxy) is 2. The maximum atomic E-state index is 11.7. The van der Waals surface area contributed by atoms with Gasteiger partial charge in [-0.05, 0) is 20.4 Å². The molecular weight excluding hydrogens is 258 g/mol. The van der Waals surface area contributed by atoms with Crippen molar-refractivity contribution in [3.05, 3.63) is 23.3 Å². The van der Waals surface area contributed by atoms with Gasteiger partial charge >= 0.3 is 5.97 Å². The zero-order valence-electron chi connectivity index (χ0n) is 12.3. The zero-order chi connectivity index (χ0) is 14.5. The van der Waals surface area contributed by atoms with Crippen LogP contribution in [0.15, 0.2) is 6.20 Å². The second-order valence-electron chi connectivity index (χ2n) is 4.70. The lowest BCUT2D eigenvalue weighted by Gasteiger charge is -2.31. The number of morpholine rings is 1. The van der Waals surface area contributed by atoms with Gasteiger partial charge in [-0.3, -0.25) is 4.90 Å². The minimum Gasteiger partial charge on any atom is -0.462 e.